The third-order valence-corrected chi connectivity index (χ3v) is 7.90. The van der Waals surface area contributed by atoms with Crippen molar-refractivity contribution in [1.82, 2.24) is 24.8 Å². The molecule has 1 aromatic carbocycles. The van der Waals surface area contributed by atoms with Gasteiger partial charge < -0.3 is 24.8 Å². The van der Waals surface area contributed by atoms with Crippen LogP contribution >= 0.6 is 0 Å². The molecule has 0 aliphatic carbocycles. The maximum atomic E-state index is 14.1. The molecule has 3 aliphatic rings. The third kappa shape index (κ3) is 4.52. The Labute approximate surface area is 222 Å². The second-order valence-corrected chi connectivity index (χ2v) is 10.4. The van der Waals surface area contributed by atoms with Crippen molar-refractivity contribution >= 4 is 29.1 Å². The molecule has 2 aromatic heterocycles. The first-order valence-corrected chi connectivity index (χ1v) is 13.7. The van der Waals surface area contributed by atoms with Crippen LogP contribution in [0.1, 0.15) is 60.3 Å². The van der Waals surface area contributed by atoms with Gasteiger partial charge in [0.25, 0.3) is 11.8 Å². The molecule has 0 spiro atoms. The number of nitrogens with one attached hydrogen (secondary N) is 1. The average molecular weight is 518 g/mol. The fraction of sp³-hybridized carbons (Fsp3) is 0.500. The van der Waals surface area contributed by atoms with Crippen LogP contribution in [0.4, 0.5) is 11.6 Å². The SMILES string of the molecule is CCc1ccc2c(c1)C(=O)N1CCCCC1c1cc3nc(N4CCC4)cc(n3n1)N(C)CCNC(=O)CO2. The van der Waals surface area contributed by atoms with Gasteiger partial charge in [-0.25, -0.2) is 4.98 Å². The summed E-state index contributed by atoms with van der Waals surface area (Å²) in [7, 11) is 2.00. The number of rotatable bonds is 2. The third-order valence-electron chi connectivity index (χ3n) is 7.90. The first-order chi connectivity index (χ1) is 18.5. The first kappa shape index (κ1) is 24.5. The lowest BCUT2D eigenvalue weighted by atomic mass is 9.97. The number of fused-ring (bicyclic) bond motifs is 4. The fourth-order valence-electron chi connectivity index (χ4n) is 5.50. The number of hydrogen-bond acceptors (Lipinski definition) is 7. The highest BCUT2D eigenvalue weighted by Crippen LogP contribution is 2.35. The molecule has 38 heavy (non-hydrogen) atoms. The highest BCUT2D eigenvalue weighted by atomic mass is 16.5. The summed E-state index contributed by atoms with van der Waals surface area (Å²) in [6.07, 6.45) is 4.77. The van der Waals surface area contributed by atoms with Crippen molar-refractivity contribution < 1.29 is 14.3 Å². The standard InChI is InChI=1S/C28H35N7O3/c1-3-19-8-9-23-20(15-19)28(37)34-13-5-4-7-22(34)21-16-25-30-24(33-11-6-12-33)17-27(35(25)31-21)32(2)14-10-29-26(36)18-38-23/h8-9,15-17,22H,3-7,10-14,18H2,1-2H3,(H,29,36). The molecule has 1 N–H and O–H groups in total. The maximum Gasteiger partial charge on any atom is 0.258 e. The second kappa shape index (κ2) is 10.2. The molecule has 10 heteroatoms. The Morgan fingerprint density at radius 1 is 1.05 bits per heavy atom. The van der Waals surface area contributed by atoms with Gasteiger partial charge in [-0.15, -0.1) is 0 Å². The van der Waals surface area contributed by atoms with E-state index < -0.39 is 0 Å². The molecule has 5 heterocycles. The largest absolute Gasteiger partial charge is 0.483 e. The molecular formula is C28H35N7O3. The van der Waals surface area contributed by atoms with Crippen molar-refractivity contribution in [3.8, 4) is 5.75 Å². The Kier molecular flexibility index (Phi) is 6.55. The van der Waals surface area contributed by atoms with Crippen molar-refractivity contribution in [3.63, 3.8) is 0 Å². The molecule has 3 aliphatic heterocycles. The fourth-order valence-corrected chi connectivity index (χ4v) is 5.50. The molecule has 6 rings (SSSR count). The summed E-state index contributed by atoms with van der Waals surface area (Å²) in [5.41, 5.74) is 3.18. The van der Waals surface area contributed by atoms with E-state index in [0.717, 1.165) is 73.7 Å². The van der Waals surface area contributed by atoms with Gasteiger partial charge in [0.2, 0.25) is 0 Å². The lowest BCUT2D eigenvalue weighted by Crippen LogP contribution is -2.39. The molecule has 1 unspecified atom stereocenters. The van der Waals surface area contributed by atoms with Gasteiger partial charge in [-0.2, -0.15) is 9.61 Å². The summed E-state index contributed by atoms with van der Waals surface area (Å²) in [4.78, 5) is 37.9. The molecule has 0 saturated carbocycles. The van der Waals surface area contributed by atoms with Crippen LogP contribution in [0.3, 0.4) is 0 Å². The predicted octanol–water partition coefficient (Wildman–Crippen LogP) is 2.81. The number of anilines is 2. The lowest BCUT2D eigenvalue weighted by Gasteiger charge is -2.35. The quantitative estimate of drug-likeness (QED) is 0.559. The summed E-state index contributed by atoms with van der Waals surface area (Å²) < 4.78 is 7.79. The van der Waals surface area contributed by atoms with Crippen LogP contribution in [0.5, 0.6) is 5.75 Å². The van der Waals surface area contributed by atoms with Gasteiger partial charge in [0.05, 0.1) is 17.3 Å². The zero-order chi connectivity index (χ0) is 26.2. The number of likely N-dealkylation sites (N-methyl/N-ethyl adjacent to an activating group) is 1. The number of amides is 2. The molecule has 2 fully saturated rings. The summed E-state index contributed by atoms with van der Waals surface area (Å²) in [6.45, 7) is 5.61. The van der Waals surface area contributed by atoms with Crippen molar-refractivity contribution in [3.05, 3.63) is 47.2 Å². The zero-order valence-corrected chi connectivity index (χ0v) is 22.2. The topological polar surface area (TPSA) is 95.3 Å². The minimum absolute atomic E-state index is 0.0869. The summed E-state index contributed by atoms with van der Waals surface area (Å²) in [5, 5.41) is 7.96. The van der Waals surface area contributed by atoms with Crippen molar-refractivity contribution in [2.45, 2.75) is 45.1 Å². The molecule has 10 nitrogen and oxygen atoms in total. The van der Waals surface area contributed by atoms with E-state index >= 15 is 0 Å². The van der Waals surface area contributed by atoms with E-state index in [4.69, 9.17) is 14.8 Å². The van der Waals surface area contributed by atoms with Gasteiger partial charge in [0.1, 0.15) is 17.4 Å². The highest BCUT2D eigenvalue weighted by molar-refractivity contribution is 5.97. The van der Waals surface area contributed by atoms with Crippen LogP contribution in [-0.4, -0.2) is 77.7 Å². The van der Waals surface area contributed by atoms with Gasteiger partial charge in [-0.1, -0.05) is 13.0 Å². The van der Waals surface area contributed by atoms with Crippen molar-refractivity contribution in [1.29, 1.82) is 0 Å². The summed E-state index contributed by atoms with van der Waals surface area (Å²) in [6, 6.07) is 9.63. The molecule has 200 valence electrons. The molecule has 3 aromatic rings. The molecule has 2 saturated heterocycles. The summed E-state index contributed by atoms with van der Waals surface area (Å²) in [5.74, 6) is 1.98. The number of aromatic nitrogens is 3. The Morgan fingerprint density at radius 2 is 1.92 bits per heavy atom. The van der Waals surface area contributed by atoms with Crippen molar-refractivity contribution in [2.24, 2.45) is 0 Å². The monoisotopic (exact) mass is 517 g/mol. The van der Waals surface area contributed by atoms with Crippen LogP contribution < -0.4 is 19.9 Å². The van der Waals surface area contributed by atoms with Gasteiger partial charge in [-0.3, -0.25) is 9.59 Å². The van der Waals surface area contributed by atoms with Gasteiger partial charge >= 0.3 is 0 Å². The molecule has 1 atom stereocenters. The average Bonchev–Trinajstić information content (AvgIpc) is 3.33. The highest BCUT2D eigenvalue weighted by Gasteiger charge is 2.33. The van der Waals surface area contributed by atoms with Crippen LogP contribution in [0.15, 0.2) is 30.3 Å². The zero-order valence-electron chi connectivity index (χ0n) is 22.2. The van der Waals surface area contributed by atoms with Crippen LogP contribution in [-0.2, 0) is 11.2 Å². The van der Waals surface area contributed by atoms with Crippen LogP contribution in [0, 0.1) is 0 Å². The van der Waals surface area contributed by atoms with Crippen molar-refractivity contribution in [2.75, 3.05) is 56.2 Å². The number of ether oxygens (including phenoxy) is 1. The minimum atomic E-state index is -0.221. The van der Waals surface area contributed by atoms with E-state index in [1.807, 2.05) is 40.7 Å². The number of nitrogens with zero attached hydrogens (tertiary/aromatic N) is 6. The number of piperidine rings is 1. The number of aryl methyl sites for hydroxylation is 1. The molecule has 2 amide bonds. The van der Waals surface area contributed by atoms with E-state index in [1.54, 1.807) is 0 Å². The smallest absolute Gasteiger partial charge is 0.258 e. The first-order valence-electron chi connectivity index (χ1n) is 13.7. The van der Waals surface area contributed by atoms with Gasteiger partial charge in [-0.05, 0) is 49.8 Å². The van der Waals surface area contributed by atoms with E-state index in [2.05, 4.69) is 28.1 Å². The van der Waals surface area contributed by atoms with Gasteiger partial charge in [0.15, 0.2) is 12.3 Å². The number of hydrogen-bond donors (Lipinski definition) is 1. The lowest BCUT2D eigenvalue weighted by molar-refractivity contribution is -0.123. The van der Waals surface area contributed by atoms with E-state index in [9.17, 15) is 9.59 Å². The van der Waals surface area contributed by atoms with Crippen LogP contribution in [0.25, 0.3) is 5.65 Å². The molecular weight excluding hydrogens is 482 g/mol. The normalized spacial score (nSPS) is 20.6. The Hall–Kier alpha value is -3.82. The number of carbonyl (C=O) groups excluding carboxylic acids is 2. The Bertz CT molecular complexity index is 1370. The molecule has 0 radical (unpaired) electrons. The Balaban J connectivity index is 1.47. The van der Waals surface area contributed by atoms with E-state index in [1.165, 1.54) is 0 Å². The predicted molar refractivity (Wildman–Crippen MR) is 145 cm³/mol. The van der Waals surface area contributed by atoms with Gasteiger partial charge in [0, 0.05) is 51.9 Å². The second-order valence-electron chi connectivity index (χ2n) is 10.4. The number of benzene rings is 1. The van der Waals surface area contributed by atoms with E-state index in [-0.39, 0.29) is 24.5 Å². The molecule has 2 bridgehead atoms. The number of carbonyl (C=O) groups is 2. The minimum Gasteiger partial charge on any atom is -0.483 e. The summed E-state index contributed by atoms with van der Waals surface area (Å²) >= 11 is 0. The Morgan fingerprint density at radius 3 is 2.71 bits per heavy atom. The van der Waals surface area contributed by atoms with E-state index in [0.29, 0.717) is 30.9 Å². The maximum absolute atomic E-state index is 14.1. The van der Waals surface area contributed by atoms with Crippen LogP contribution in [0.2, 0.25) is 0 Å².